The molecule has 4 nitrogen and oxygen atoms in total. The van der Waals surface area contributed by atoms with Crippen molar-refractivity contribution in [3.8, 4) is 10.7 Å². The van der Waals surface area contributed by atoms with E-state index in [0.717, 1.165) is 17.2 Å². The Kier molecular flexibility index (Phi) is 3.41. The summed E-state index contributed by atoms with van der Waals surface area (Å²) in [5.74, 6) is 0. The maximum atomic E-state index is 4.74. The second-order valence-electron chi connectivity index (χ2n) is 5.17. The van der Waals surface area contributed by atoms with E-state index in [1.54, 1.807) is 11.3 Å². The van der Waals surface area contributed by atoms with E-state index >= 15 is 0 Å². The molecule has 2 heterocycles. The highest BCUT2D eigenvalue weighted by atomic mass is 32.1. The van der Waals surface area contributed by atoms with Gasteiger partial charge >= 0.3 is 0 Å². The number of nitrogens with one attached hydrogen (secondary N) is 1. The fourth-order valence-corrected chi connectivity index (χ4v) is 3.54. The lowest BCUT2D eigenvalue weighted by atomic mass is 10.2. The molecular weight excluding hydrogens is 256 g/mol. The van der Waals surface area contributed by atoms with E-state index in [-0.39, 0.29) is 0 Å². The Hall–Kier alpha value is -1.20. The van der Waals surface area contributed by atoms with Gasteiger partial charge in [0.15, 0.2) is 0 Å². The van der Waals surface area contributed by atoms with Gasteiger partial charge in [0.2, 0.25) is 0 Å². The molecule has 0 aromatic carbocycles. The number of nitrogens with zero attached hydrogens (tertiary/aromatic N) is 3. The van der Waals surface area contributed by atoms with Crippen LogP contribution >= 0.6 is 11.3 Å². The summed E-state index contributed by atoms with van der Waals surface area (Å²) in [6, 6.07) is 1.02. The summed E-state index contributed by atoms with van der Waals surface area (Å²) < 4.78 is 2.28. The molecule has 2 aromatic rings. The zero-order valence-electron chi connectivity index (χ0n) is 11.7. The zero-order chi connectivity index (χ0) is 13.4. The van der Waals surface area contributed by atoms with Crippen LogP contribution in [0.3, 0.4) is 0 Å². The molecule has 5 heteroatoms. The van der Waals surface area contributed by atoms with Crippen molar-refractivity contribution in [3.63, 3.8) is 0 Å². The van der Waals surface area contributed by atoms with Crippen molar-refractivity contribution in [2.45, 2.75) is 45.7 Å². The minimum absolute atomic E-state index is 0.369. The number of aryl methyl sites for hydroxylation is 1. The minimum atomic E-state index is 0.369. The standard InChI is InChI=1S/C14H20N4S/c1-4-16-9(2)13-10(3)17-14(19-13)12-7-15-8-18(12)11-5-6-11/h7-9,11,16H,4-6H2,1-3H3. The monoisotopic (exact) mass is 276 g/mol. The molecule has 0 radical (unpaired) electrons. The SMILES string of the molecule is CCNC(C)c1sc(-c2cncn2C2CC2)nc1C. The molecule has 1 atom stereocenters. The molecule has 0 bridgehead atoms. The highest BCUT2D eigenvalue weighted by molar-refractivity contribution is 7.15. The van der Waals surface area contributed by atoms with Crippen LogP contribution in [-0.4, -0.2) is 21.1 Å². The molecule has 1 saturated carbocycles. The zero-order valence-corrected chi connectivity index (χ0v) is 12.5. The van der Waals surface area contributed by atoms with Gasteiger partial charge in [-0.25, -0.2) is 9.97 Å². The molecule has 1 fully saturated rings. The molecule has 1 aliphatic rings. The molecule has 0 saturated heterocycles. The lowest BCUT2D eigenvalue weighted by Gasteiger charge is -2.10. The van der Waals surface area contributed by atoms with Gasteiger partial charge in [-0.15, -0.1) is 11.3 Å². The number of imidazole rings is 1. The number of rotatable bonds is 5. The Morgan fingerprint density at radius 1 is 1.53 bits per heavy atom. The van der Waals surface area contributed by atoms with Crippen molar-refractivity contribution in [2.75, 3.05) is 6.54 Å². The Morgan fingerprint density at radius 2 is 2.32 bits per heavy atom. The summed E-state index contributed by atoms with van der Waals surface area (Å²) in [5, 5.41) is 4.56. The molecule has 1 N–H and O–H groups in total. The minimum Gasteiger partial charge on any atom is -0.326 e. The van der Waals surface area contributed by atoms with E-state index < -0.39 is 0 Å². The number of thiazole rings is 1. The fraction of sp³-hybridized carbons (Fsp3) is 0.571. The first-order valence-corrected chi connectivity index (χ1v) is 7.75. The fourth-order valence-electron chi connectivity index (χ4n) is 2.43. The first-order valence-electron chi connectivity index (χ1n) is 6.93. The third kappa shape index (κ3) is 2.44. The van der Waals surface area contributed by atoms with Crippen LogP contribution in [0.5, 0.6) is 0 Å². The quantitative estimate of drug-likeness (QED) is 0.911. The molecule has 0 aliphatic heterocycles. The van der Waals surface area contributed by atoms with Crippen LogP contribution in [0.2, 0.25) is 0 Å². The second kappa shape index (κ2) is 5.06. The molecule has 0 spiro atoms. The Morgan fingerprint density at radius 3 is 3.00 bits per heavy atom. The average Bonchev–Trinajstić information content (AvgIpc) is 2.98. The van der Waals surface area contributed by atoms with Crippen LogP contribution in [0.1, 0.15) is 49.3 Å². The molecule has 2 aromatic heterocycles. The highest BCUT2D eigenvalue weighted by Crippen LogP contribution is 2.40. The van der Waals surface area contributed by atoms with E-state index in [1.807, 2.05) is 12.5 Å². The summed E-state index contributed by atoms with van der Waals surface area (Å²) in [5.41, 5.74) is 2.31. The lowest BCUT2D eigenvalue weighted by Crippen LogP contribution is -2.17. The Balaban J connectivity index is 1.93. The van der Waals surface area contributed by atoms with Gasteiger partial charge in [0, 0.05) is 17.0 Å². The smallest absolute Gasteiger partial charge is 0.142 e. The van der Waals surface area contributed by atoms with Crippen LogP contribution in [0.15, 0.2) is 12.5 Å². The Bertz CT molecular complexity index is 568. The first-order chi connectivity index (χ1) is 9.20. The van der Waals surface area contributed by atoms with Gasteiger partial charge in [-0.05, 0) is 33.2 Å². The third-order valence-electron chi connectivity index (χ3n) is 3.56. The van der Waals surface area contributed by atoms with Gasteiger partial charge in [0.05, 0.1) is 23.9 Å². The maximum absolute atomic E-state index is 4.74. The summed E-state index contributed by atoms with van der Waals surface area (Å²) >= 11 is 1.79. The molecule has 1 unspecified atom stereocenters. The van der Waals surface area contributed by atoms with Crippen molar-refractivity contribution in [1.82, 2.24) is 19.9 Å². The summed E-state index contributed by atoms with van der Waals surface area (Å²) in [4.78, 5) is 10.4. The maximum Gasteiger partial charge on any atom is 0.142 e. The van der Waals surface area contributed by atoms with Crippen LogP contribution in [0.4, 0.5) is 0 Å². The van der Waals surface area contributed by atoms with Gasteiger partial charge in [-0.2, -0.15) is 0 Å². The average molecular weight is 276 g/mol. The summed E-state index contributed by atoms with van der Waals surface area (Å²) in [6.45, 7) is 7.41. The third-order valence-corrected chi connectivity index (χ3v) is 4.92. The summed E-state index contributed by atoms with van der Waals surface area (Å²) in [6.07, 6.45) is 6.43. The largest absolute Gasteiger partial charge is 0.326 e. The molecule has 3 rings (SSSR count). The van der Waals surface area contributed by atoms with E-state index in [1.165, 1.54) is 23.4 Å². The molecule has 102 valence electrons. The van der Waals surface area contributed by atoms with Gasteiger partial charge in [-0.1, -0.05) is 6.92 Å². The van der Waals surface area contributed by atoms with Gasteiger partial charge < -0.3 is 9.88 Å². The first kappa shape index (κ1) is 12.8. The van der Waals surface area contributed by atoms with Crippen LogP contribution < -0.4 is 5.32 Å². The lowest BCUT2D eigenvalue weighted by molar-refractivity contribution is 0.603. The predicted octanol–water partition coefficient (Wildman–Crippen LogP) is 3.32. The number of hydrogen-bond donors (Lipinski definition) is 1. The summed E-state index contributed by atoms with van der Waals surface area (Å²) in [7, 11) is 0. The van der Waals surface area contributed by atoms with E-state index in [9.17, 15) is 0 Å². The van der Waals surface area contributed by atoms with E-state index in [4.69, 9.17) is 4.98 Å². The number of hydrogen-bond acceptors (Lipinski definition) is 4. The number of aromatic nitrogens is 3. The van der Waals surface area contributed by atoms with Crippen molar-refractivity contribution in [1.29, 1.82) is 0 Å². The molecule has 19 heavy (non-hydrogen) atoms. The van der Waals surface area contributed by atoms with E-state index in [0.29, 0.717) is 12.1 Å². The van der Waals surface area contributed by atoms with Crippen LogP contribution in [0.25, 0.3) is 10.7 Å². The second-order valence-corrected chi connectivity index (χ2v) is 6.20. The van der Waals surface area contributed by atoms with Crippen molar-refractivity contribution in [2.24, 2.45) is 0 Å². The van der Waals surface area contributed by atoms with Gasteiger partial charge in [0.1, 0.15) is 5.01 Å². The Labute approximate surface area is 117 Å². The van der Waals surface area contributed by atoms with E-state index in [2.05, 4.69) is 35.6 Å². The van der Waals surface area contributed by atoms with Crippen molar-refractivity contribution >= 4 is 11.3 Å². The predicted molar refractivity (Wildman–Crippen MR) is 78.4 cm³/mol. The van der Waals surface area contributed by atoms with Crippen molar-refractivity contribution < 1.29 is 0 Å². The topological polar surface area (TPSA) is 42.7 Å². The normalized spacial score (nSPS) is 16.8. The molecule has 0 amide bonds. The van der Waals surface area contributed by atoms with Gasteiger partial charge in [0.25, 0.3) is 0 Å². The molecule has 1 aliphatic carbocycles. The van der Waals surface area contributed by atoms with Gasteiger partial charge in [-0.3, -0.25) is 0 Å². The highest BCUT2D eigenvalue weighted by Gasteiger charge is 2.27. The molecular formula is C14H20N4S. The van der Waals surface area contributed by atoms with Crippen LogP contribution in [0, 0.1) is 6.92 Å². The van der Waals surface area contributed by atoms with Crippen molar-refractivity contribution in [3.05, 3.63) is 23.1 Å². The van der Waals surface area contributed by atoms with Crippen LogP contribution in [-0.2, 0) is 0 Å².